The van der Waals surface area contributed by atoms with Crippen molar-refractivity contribution in [2.24, 2.45) is 10.4 Å². The average molecular weight is 848 g/mol. The highest BCUT2D eigenvalue weighted by atomic mass is 35.5. The minimum absolute atomic E-state index is 0.0989. The van der Waals surface area contributed by atoms with Gasteiger partial charge in [0.2, 0.25) is 5.91 Å². The first-order chi connectivity index (χ1) is 28.4. The molecular formula is C43H59ClN10O4S. The lowest BCUT2D eigenvalue weighted by atomic mass is 9.65. The number of carbonyl (C=O) groups is 2. The van der Waals surface area contributed by atoms with Crippen molar-refractivity contribution in [3.63, 3.8) is 0 Å². The summed E-state index contributed by atoms with van der Waals surface area (Å²) in [6.07, 6.45) is 8.22. The second-order valence-electron chi connectivity index (χ2n) is 18.7. The van der Waals surface area contributed by atoms with Crippen LogP contribution in [0.5, 0.6) is 0 Å². The Balaban J connectivity index is 0.878. The van der Waals surface area contributed by atoms with Crippen LogP contribution in [0.15, 0.2) is 47.8 Å². The number of aliphatic imine (C=N–C) groups is 1. The molecule has 14 nitrogen and oxygen atoms in total. The highest BCUT2D eigenvalue weighted by Crippen LogP contribution is 2.51. The Hall–Kier alpha value is -3.47. The van der Waals surface area contributed by atoms with Crippen LogP contribution >= 0.6 is 24.2 Å². The van der Waals surface area contributed by atoms with Crippen LogP contribution in [0.2, 0.25) is 5.02 Å². The number of piperazine rings is 2. The van der Waals surface area contributed by atoms with Crippen LogP contribution in [-0.2, 0) is 14.3 Å². The molecule has 1 saturated carbocycles. The summed E-state index contributed by atoms with van der Waals surface area (Å²) in [5, 5.41) is 4.88. The lowest BCUT2D eigenvalue weighted by Crippen LogP contribution is -2.63. The molecular weight excluding hydrogens is 788 g/mol. The van der Waals surface area contributed by atoms with Crippen LogP contribution in [0, 0.1) is 5.41 Å². The van der Waals surface area contributed by atoms with E-state index in [4.69, 9.17) is 38.7 Å². The Morgan fingerprint density at radius 1 is 0.932 bits per heavy atom. The molecule has 7 aliphatic rings. The first kappa shape index (κ1) is 40.9. The van der Waals surface area contributed by atoms with Crippen LogP contribution in [0.25, 0.3) is 11.0 Å². The van der Waals surface area contributed by atoms with E-state index in [0.717, 1.165) is 99.7 Å². The quantitative estimate of drug-likeness (QED) is 0.199. The molecule has 7 fully saturated rings. The summed E-state index contributed by atoms with van der Waals surface area (Å²) in [6.45, 7) is 16.3. The molecule has 3 aromatic rings. The third kappa shape index (κ3) is 8.19. The molecule has 6 saturated heterocycles. The number of carbonyl (C=O) groups excluding carboxylic acids is 2. The Kier molecular flexibility index (Phi) is 11.2. The smallest absolute Gasteiger partial charge is 0.416 e. The van der Waals surface area contributed by atoms with Gasteiger partial charge in [-0.1, -0.05) is 23.7 Å². The molecule has 318 valence electrons. The third-order valence-corrected chi connectivity index (χ3v) is 14.4. The van der Waals surface area contributed by atoms with Gasteiger partial charge in [0, 0.05) is 95.0 Å². The summed E-state index contributed by atoms with van der Waals surface area (Å²) < 4.78 is 12.6. The van der Waals surface area contributed by atoms with Gasteiger partial charge in [-0.15, -0.1) is 0 Å². The number of hydrogen-bond donors (Lipinski definition) is 3. The van der Waals surface area contributed by atoms with Crippen molar-refractivity contribution in [1.29, 1.82) is 0 Å². The monoisotopic (exact) mass is 846 g/mol. The zero-order valence-electron chi connectivity index (χ0n) is 34.7. The molecule has 1 aromatic carbocycles. The van der Waals surface area contributed by atoms with Crippen molar-refractivity contribution >= 4 is 58.9 Å². The predicted molar refractivity (Wildman–Crippen MR) is 232 cm³/mol. The van der Waals surface area contributed by atoms with E-state index in [0.29, 0.717) is 57.2 Å². The standard InChI is InChI=1S/C43H59ClN10O4S/c1-40(2,3)58-39(56)54-37(43(54)13-18-52(19-14-43)36-32-8-15-46-35(32)47-29-48-36)49-34(30-4-6-31(44)7-5-30)33(59)26-50-22-24-53(25-23-50)38(55)41-9-11-42(12-10-41,57-28-41)27-51-20-16-45-17-21-51/h4-8,15,29,33-34,45,59H,9-14,16-28H2,1-3H3,(H,46,47,48)/t33?,34-,41?,42?,54?/m1/s1. The van der Waals surface area contributed by atoms with E-state index in [1.54, 1.807) is 11.2 Å². The van der Waals surface area contributed by atoms with Gasteiger partial charge in [-0.05, 0) is 83.1 Å². The zero-order valence-corrected chi connectivity index (χ0v) is 36.3. The fourth-order valence-corrected chi connectivity index (χ4v) is 10.8. The van der Waals surface area contributed by atoms with Gasteiger partial charge in [-0.25, -0.2) is 19.7 Å². The Bertz CT molecular complexity index is 2010. The Labute approximate surface area is 357 Å². The van der Waals surface area contributed by atoms with Crippen LogP contribution in [0.3, 0.4) is 0 Å². The Morgan fingerprint density at radius 3 is 2.31 bits per heavy atom. The molecule has 2 N–H and O–H groups in total. The summed E-state index contributed by atoms with van der Waals surface area (Å²) in [6, 6.07) is 9.46. The van der Waals surface area contributed by atoms with Crippen LogP contribution in [0.1, 0.15) is 70.9 Å². The predicted octanol–water partition coefficient (Wildman–Crippen LogP) is 5.02. The molecule has 1 unspecified atom stereocenters. The maximum Gasteiger partial charge on any atom is 0.416 e. The molecule has 1 spiro atoms. The summed E-state index contributed by atoms with van der Waals surface area (Å²) in [4.78, 5) is 56.8. The largest absolute Gasteiger partial charge is 0.443 e. The van der Waals surface area contributed by atoms with Crippen molar-refractivity contribution in [1.82, 2.24) is 39.9 Å². The highest BCUT2D eigenvalue weighted by molar-refractivity contribution is 7.81. The minimum atomic E-state index is -0.658. The van der Waals surface area contributed by atoms with Gasteiger partial charge < -0.3 is 29.6 Å². The lowest BCUT2D eigenvalue weighted by molar-refractivity contribution is -0.202. The second kappa shape index (κ2) is 16.1. The number of thiol groups is 1. The van der Waals surface area contributed by atoms with Crippen LogP contribution in [0.4, 0.5) is 10.6 Å². The van der Waals surface area contributed by atoms with Crippen molar-refractivity contribution in [3.8, 4) is 0 Å². The van der Waals surface area contributed by atoms with Gasteiger partial charge >= 0.3 is 6.09 Å². The first-order valence-electron chi connectivity index (χ1n) is 21.5. The van der Waals surface area contributed by atoms with E-state index >= 15 is 0 Å². The van der Waals surface area contributed by atoms with Gasteiger partial charge in [0.1, 0.15) is 34.8 Å². The van der Waals surface area contributed by atoms with Crippen molar-refractivity contribution in [2.45, 2.75) is 87.3 Å². The van der Waals surface area contributed by atoms with E-state index in [1.807, 2.05) is 57.3 Å². The fraction of sp³-hybridized carbons (Fsp3) is 0.651. The van der Waals surface area contributed by atoms with Crippen LogP contribution < -0.4 is 10.2 Å². The number of amidine groups is 1. The number of benzene rings is 1. The van der Waals surface area contributed by atoms with Crippen molar-refractivity contribution < 1.29 is 19.1 Å². The lowest BCUT2D eigenvalue weighted by Gasteiger charge is -2.55. The van der Waals surface area contributed by atoms with Gasteiger partial charge in [0.15, 0.2) is 0 Å². The number of ether oxygens (including phenoxy) is 2. The van der Waals surface area contributed by atoms with Gasteiger partial charge in [-0.2, -0.15) is 12.6 Å². The number of nitrogens with one attached hydrogen (secondary N) is 2. The Morgan fingerprint density at radius 2 is 1.64 bits per heavy atom. The number of fused-ring (bicyclic) bond motifs is 4. The minimum Gasteiger partial charge on any atom is -0.443 e. The molecule has 0 radical (unpaired) electrons. The number of anilines is 1. The second-order valence-corrected chi connectivity index (χ2v) is 19.8. The summed E-state index contributed by atoms with van der Waals surface area (Å²) in [7, 11) is 0. The number of nitrogens with zero attached hydrogens (tertiary/aromatic N) is 8. The number of aromatic amines is 1. The highest BCUT2D eigenvalue weighted by Gasteiger charge is 2.65. The average Bonchev–Trinajstić information content (AvgIpc) is 3.54. The fourth-order valence-electron chi connectivity index (χ4n) is 10.2. The van der Waals surface area contributed by atoms with Crippen molar-refractivity contribution in [3.05, 3.63) is 53.4 Å². The number of amides is 2. The SMILES string of the molecule is CC(C)(C)OC(=O)N1C(=N[C@H](c2ccc(Cl)cc2)C(S)CN2CCN(C(=O)C34CCC(CN5CCNCC5)(CC3)OC4)CC2)C12CCN(c1ncnc3[nH]ccc13)CC2. The first-order valence-corrected chi connectivity index (χ1v) is 22.4. The summed E-state index contributed by atoms with van der Waals surface area (Å²) in [5.74, 6) is 1.90. The molecule has 59 heavy (non-hydrogen) atoms. The summed E-state index contributed by atoms with van der Waals surface area (Å²) in [5.41, 5.74) is 0.0800. The number of halogens is 1. The number of aromatic nitrogens is 3. The molecule has 2 bridgehead atoms. The molecule has 6 aliphatic heterocycles. The topological polar surface area (TPSA) is 135 Å². The van der Waals surface area contributed by atoms with Gasteiger partial charge in [0.25, 0.3) is 0 Å². The molecule has 2 amide bonds. The molecule has 10 rings (SSSR count). The van der Waals surface area contributed by atoms with Gasteiger partial charge in [0.05, 0.1) is 29.1 Å². The molecule has 8 heterocycles. The summed E-state index contributed by atoms with van der Waals surface area (Å²) >= 11 is 11.6. The van der Waals surface area contributed by atoms with E-state index in [2.05, 4.69) is 39.9 Å². The molecule has 2 atom stereocenters. The van der Waals surface area contributed by atoms with E-state index in [-0.39, 0.29) is 28.9 Å². The van der Waals surface area contributed by atoms with Crippen molar-refractivity contribution in [2.75, 3.05) is 90.0 Å². The van der Waals surface area contributed by atoms with E-state index < -0.39 is 16.6 Å². The number of piperidine rings is 1. The van der Waals surface area contributed by atoms with E-state index in [9.17, 15) is 9.59 Å². The number of H-pyrrole nitrogens is 1. The van der Waals surface area contributed by atoms with E-state index in [1.165, 1.54) is 0 Å². The molecule has 2 aromatic heterocycles. The maximum atomic E-state index is 14.2. The van der Waals surface area contributed by atoms with Gasteiger partial charge in [-0.3, -0.25) is 19.6 Å². The number of rotatable bonds is 9. The van der Waals surface area contributed by atoms with Crippen LogP contribution in [-0.4, -0.2) is 160 Å². The zero-order chi connectivity index (χ0) is 41.0. The normalized spacial score (nSPS) is 28.0. The third-order valence-electron chi connectivity index (χ3n) is 13.7. The molecule has 1 aliphatic carbocycles. The number of hydrogen-bond acceptors (Lipinski definition) is 12. The maximum absolute atomic E-state index is 14.2. The molecule has 16 heteroatoms.